The summed E-state index contributed by atoms with van der Waals surface area (Å²) in [5.74, 6) is 0.573. The lowest BCUT2D eigenvalue weighted by molar-refractivity contribution is -0.139. The first-order valence-corrected chi connectivity index (χ1v) is 7.37. The Hall–Kier alpha value is -1.08. The van der Waals surface area contributed by atoms with E-state index in [1.54, 1.807) is 0 Å². The van der Waals surface area contributed by atoms with E-state index in [4.69, 9.17) is 0 Å². The van der Waals surface area contributed by atoms with Crippen LogP contribution in [0.1, 0.15) is 39.0 Å². The van der Waals surface area contributed by atoms with Gasteiger partial charge in [0.25, 0.3) is 0 Å². The zero-order valence-electron chi connectivity index (χ0n) is 12.4. The molecule has 1 saturated carbocycles. The molecule has 0 aromatic rings. The van der Waals surface area contributed by atoms with Crippen molar-refractivity contribution in [3.63, 3.8) is 0 Å². The summed E-state index contributed by atoms with van der Waals surface area (Å²) in [6, 6.07) is 2.77. The van der Waals surface area contributed by atoms with E-state index in [1.807, 2.05) is 4.90 Å². The van der Waals surface area contributed by atoms with Gasteiger partial charge in [-0.05, 0) is 32.9 Å². The molecule has 2 fully saturated rings. The predicted molar refractivity (Wildman–Crippen MR) is 74.4 cm³/mol. The summed E-state index contributed by atoms with van der Waals surface area (Å²) in [6.45, 7) is 3.76. The van der Waals surface area contributed by atoms with E-state index in [0.717, 1.165) is 45.2 Å². The van der Waals surface area contributed by atoms with Crippen LogP contribution in [0.4, 0.5) is 0 Å². The summed E-state index contributed by atoms with van der Waals surface area (Å²) in [7, 11) is 4.13. The van der Waals surface area contributed by atoms with Gasteiger partial charge in [-0.2, -0.15) is 5.26 Å². The van der Waals surface area contributed by atoms with Crippen LogP contribution in [0.2, 0.25) is 0 Å². The van der Waals surface area contributed by atoms with Gasteiger partial charge in [0.2, 0.25) is 5.91 Å². The molecule has 1 aliphatic carbocycles. The van der Waals surface area contributed by atoms with Crippen molar-refractivity contribution in [2.24, 2.45) is 11.3 Å². The fourth-order valence-corrected chi connectivity index (χ4v) is 3.62. The molecule has 0 N–H and O–H groups in total. The number of likely N-dealkylation sites (tertiary alicyclic amines) is 1. The molecule has 19 heavy (non-hydrogen) atoms. The smallest absolute Gasteiger partial charge is 0.243 e. The van der Waals surface area contributed by atoms with Gasteiger partial charge in [0, 0.05) is 19.1 Å². The third-order valence-electron chi connectivity index (χ3n) is 4.85. The first-order chi connectivity index (χ1) is 9.00. The van der Waals surface area contributed by atoms with Crippen molar-refractivity contribution >= 4 is 5.91 Å². The molecule has 1 heterocycles. The molecule has 4 nitrogen and oxygen atoms in total. The molecule has 1 amide bonds. The van der Waals surface area contributed by atoms with Gasteiger partial charge in [-0.1, -0.05) is 26.2 Å². The highest BCUT2D eigenvalue weighted by molar-refractivity contribution is 5.86. The number of likely N-dealkylation sites (N-methyl/N-ethyl adjacent to an activating group) is 1. The highest BCUT2D eigenvalue weighted by Gasteiger charge is 2.45. The molecule has 0 aromatic carbocycles. The van der Waals surface area contributed by atoms with Gasteiger partial charge >= 0.3 is 0 Å². The zero-order chi connectivity index (χ0) is 14.0. The average Bonchev–Trinajstić information content (AvgIpc) is 2.81. The van der Waals surface area contributed by atoms with E-state index < -0.39 is 5.41 Å². The second-order valence-electron chi connectivity index (χ2n) is 6.47. The Morgan fingerprint density at radius 2 is 1.89 bits per heavy atom. The fraction of sp³-hybridized carbons (Fsp3) is 0.867. The topological polar surface area (TPSA) is 47.3 Å². The summed E-state index contributed by atoms with van der Waals surface area (Å²) in [6.07, 6.45) is 4.69. The van der Waals surface area contributed by atoms with Crippen LogP contribution in [-0.2, 0) is 4.79 Å². The number of nitriles is 1. The minimum atomic E-state index is -0.723. The molecule has 2 rings (SSSR count). The van der Waals surface area contributed by atoms with Crippen molar-refractivity contribution in [1.82, 2.24) is 9.80 Å². The van der Waals surface area contributed by atoms with E-state index in [9.17, 15) is 10.1 Å². The van der Waals surface area contributed by atoms with Crippen molar-refractivity contribution in [3.8, 4) is 6.07 Å². The lowest BCUT2D eigenvalue weighted by atomic mass is 9.74. The van der Waals surface area contributed by atoms with E-state index in [2.05, 4.69) is 32.0 Å². The molecule has 0 radical (unpaired) electrons. The number of carbonyl (C=O) groups excluding carboxylic acids is 1. The van der Waals surface area contributed by atoms with Gasteiger partial charge in [0.1, 0.15) is 5.41 Å². The molecule has 0 aromatic heterocycles. The van der Waals surface area contributed by atoms with Crippen LogP contribution in [0, 0.1) is 22.7 Å². The number of rotatable bonds is 2. The van der Waals surface area contributed by atoms with Crippen molar-refractivity contribution in [2.75, 3.05) is 27.2 Å². The monoisotopic (exact) mass is 263 g/mol. The van der Waals surface area contributed by atoms with Crippen molar-refractivity contribution < 1.29 is 4.79 Å². The summed E-state index contributed by atoms with van der Waals surface area (Å²) in [5, 5.41) is 9.51. The number of hydrogen-bond donors (Lipinski definition) is 0. The average molecular weight is 263 g/mol. The molecule has 0 spiro atoms. The van der Waals surface area contributed by atoms with Crippen LogP contribution in [-0.4, -0.2) is 48.9 Å². The van der Waals surface area contributed by atoms with Crippen LogP contribution < -0.4 is 0 Å². The summed E-state index contributed by atoms with van der Waals surface area (Å²) < 4.78 is 0. The molecule has 2 atom stereocenters. The molecule has 1 saturated heterocycles. The number of hydrogen-bond acceptors (Lipinski definition) is 3. The largest absolute Gasteiger partial charge is 0.339 e. The molecule has 0 bridgehead atoms. The normalized spacial score (nSPS) is 30.4. The highest BCUT2D eigenvalue weighted by atomic mass is 16.2. The quantitative estimate of drug-likeness (QED) is 0.764. The van der Waals surface area contributed by atoms with Crippen molar-refractivity contribution in [3.05, 3.63) is 0 Å². The summed E-state index contributed by atoms with van der Waals surface area (Å²) in [4.78, 5) is 16.9. The van der Waals surface area contributed by atoms with Crippen LogP contribution >= 0.6 is 0 Å². The van der Waals surface area contributed by atoms with Gasteiger partial charge in [-0.3, -0.25) is 4.79 Å². The SMILES string of the molecule is CC1CN(C(=O)C2(C#N)CCCCC2)CC1N(C)C. The maximum Gasteiger partial charge on any atom is 0.243 e. The van der Waals surface area contributed by atoms with E-state index in [1.165, 1.54) is 0 Å². The van der Waals surface area contributed by atoms with Gasteiger partial charge < -0.3 is 9.80 Å². The van der Waals surface area contributed by atoms with Crippen LogP contribution in [0.15, 0.2) is 0 Å². The van der Waals surface area contributed by atoms with Crippen molar-refractivity contribution in [1.29, 1.82) is 5.26 Å². The molecule has 106 valence electrons. The van der Waals surface area contributed by atoms with Crippen molar-refractivity contribution in [2.45, 2.75) is 45.1 Å². The predicted octanol–water partition coefficient (Wildman–Crippen LogP) is 1.87. The molecular formula is C15H25N3O. The zero-order valence-corrected chi connectivity index (χ0v) is 12.4. The maximum absolute atomic E-state index is 12.8. The molecule has 1 aliphatic heterocycles. The number of nitrogens with zero attached hydrogens (tertiary/aromatic N) is 3. The van der Waals surface area contributed by atoms with Gasteiger partial charge in [0.15, 0.2) is 0 Å². The minimum Gasteiger partial charge on any atom is -0.339 e. The first kappa shape index (κ1) is 14.3. The Bertz CT molecular complexity index is 379. The molecule has 2 unspecified atom stereocenters. The maximum atomic E-state index is 12.8. The third kappa shape index (κ3) is 2.62. The Morgan fingerprint density at radius 3 is 2.37 bits per heavy atom. The Morgan fingerprint density at radius 1 is 1.26 bits per heavy atom. The molecule has 4 heteroatoms. The third-order valence-corrected chi connectivity index (χ3v) is 4.85. The van der Waals surface area contributed by atoms with Gasteiger partial charge in [-0.25, -0.2) is 0 Å². The second kappa shape index (κ2) is 5.50. The van der Waals surface area contributed by atoms with E-state index >= 15 is 0 Å². The van der Waals surface area contributed by atoms with E-state index in [0.29, 0.717) is 12.0 Å². The highest BCUT2D eigenvalue weighted by Crippen LogP contribution is 2.38. The van der Waals surface area contributed by atoms with Gasteiger partial charge in [-0.15, -0.1) is 0 Å². The molecule has 2 aliphatic rings. The first-order valence-electron chi connectivity index (χ1n) is 7.37. The molecular weight excluding hydrogens is 238 g/mol. The number of carbonyl (C=O) groups is 1. The standard InChI is InChI=1S/C15H25N3O/c1-12-9-18(10-13(12)17(2)3)14(19)15(11-16)7-5-4-6-8-15/h12-13H,4-10H2,1-3H3. The van der Waals surface area contributed by atoms with E-state index in [-0.39, 0.29) is 5.91 Å². The summed E-state index contributed by atoms with van der Waals surface area (Å²) >= 11 is 0. The Balaban J connectivity index is 2.10. The second-order valence-corrected chi connectivity index (χ2v) is 6.47. The Kier molecular flexibility index (Phi) is 4.15. The van der Waals surface area contributed by atoms with Gasteiger partial charge in [0.05, 0.1) is 6.07 Å². The van der Waals surface area contributed by atoms with Crippen LogP contribution in [0.5, 0.6) is 0 Å². The number of amides is 1. The lowest BCUT2D eigenvalue weighted by Crippen LogP contribution is -2.44. The minimum absolute atomic E-state index is 0.0888. The fourth-order valence-electron chi connectivity index (χ4n) is 3.62. The van der Waals surface area contributed by atoms with Crippen LogP contribution in [0.25, 0.3) is 0 Å². The lowest BCUT2D eigenvalue weighted by Gasteiger charge is -2.33. The summed E-state index contributed by atoms with van der Waals surface area (Å²) in [5.41, 5.74) is -0.723. The van der Waals surface area contributed by atoms with Crippen LogP contribution in [0.3, 0.4) is 0 Å². The Labute approximate surface area is 116 Å².